The summed E-state index contributed by atoms with van der Waals surface area (Å²) in [5, 5.41) is 83.5. The highest BCUT2D eigenvalue weighted by molar-refractivity contribution is 6.01. The smallest absolute Gasteiger partial charge is 0.246 e. The van der Waals surface area contributed by atoms with Gasteiger partial charge in [0.05, 0.1) is 18.7 Å². The van der Waals surface area contributed by atoms with E-state index in [2.05, 4.69) is 58.2 Å². The molecule has 3 aliphatic heterocycles. The van der Waals surface area contributed by atoms with Crippen molar-refractivity contribution in [1.82, 2.24) is 67.7 Å². The Morgan fingerprint density at radius 2 is 1.03 bits per heavy atom. The van der Waals surface area contributed by atoms with Crippen molar-refractivity contribution in [3.05, 3.63) is 114 Å². The van der Waals surface area contributed by atoms with Crippen LogP contribution in [0.3, 0.4) is 0 Å². The molecule has 102 heavy (non-hydrogen) atoms. The molecule has 20 N–H and O–H groups in total. The van der Waals surface area contributed by atoms with E-state index >= 15 is 14.4 Å². The normalized spacial score (nSPS) is 27.4. The molecule has 7 rings (SSSR count). The molecule has 0 bridgehead atoms. The molecule has 554 valence electrons. The number of hydrogen-bond acceptors (Lipinski definition) is 21. The number of aromatic nitrogens is 3. The monoisotopic (exact) mass is 1420 g/mol. The number of benzene rings is 3. The summed E-state index contributed by atoms with van der Waals surface area (Å²) in [7, 11) is 0. The number of phenolic OH excluding ortho intramolecular Hbond substituents is 1. The summed E-state index contributed by atoms with van der Waals surface area (Å²) in [5.41, 5.74) is 18.5. The average molecular weight is 1420 g/mol. The fourth-order valence-corrected chi connectivity index (χ4v) is 12.1. The third-order valence-electron chi connectivity index (χ3n) is 17.6. The Morgan fingerprint density at radius 3 is 1.60 bits per heavy atom. The van der Waals surface area contributed by atoms with Crippen LogP contribution in [-0.4, -0.2) is 221 Å². The third-order valence-corrected chi connectivity index (χ3v) is 17.6. The number of aliphatic hydroxyl groups is 4. The Bertz CT molecular complexity index is 3570. The van der Waals surface area contributed by atoms with Crippen LogP contribution in [0.1, 0.15) is 101 Å². The van der Waals surface area contributed by atoms with E-state index in [9.17, 15) is 68.7 Å². The van der Waals surface area contributed by atoms with Crippen molar-refractivity contribution in [3.8, 4) is 5.75 Å². The number of fused-ring (bicyclic) bond motifs is 1. The minimum atomic E-state index is -2.01. The van der Waals surface area contributed by atoms with Gasteiger partial charge in [-0.15, -0.1) is 5.10 Å². The van der Waals surface area contributed by atoms with Gasteiger partial charge in [-0.2, -0.15) is 0 Å². The lowest BCUT2D eigenvalue weighted by Crippen LogP contribution is -2.62. The van der Waals surface area contributed by atoms with E-state index in [1.807, 2.05) is 0 Å². The number of phenols is 1. The fourth-order valence-electron chi connectivity index (χ4n) is 12.1. The van der Waals surface area contributed by atoms with Crippen molar-refractivity contribution < 1.29 is 87.8 Å². The number of nitrogens with zero attached hydrogens (tertiary/aromatic N) is 4. The standard InChI is InChI=1S/C68H94N16O18/c1-35(2)27-44-60(93)79-49(30-38-15-9-6-10-16-38)67(100)84-26-12-18-50(84)65(98)78-45(28-37-13-7-5-8-14-37)61(94)76-47(31-40-33-83(82-81-40)34-51-55(88)56(89)57(90)68(101)102-51)62(95)77-48(32-53(71)87)63(96)72-43(23-24-52(70)86)59(92)75-46(29-39-19-21-41(85)22-20-39)64(97)80-54(36(3)4)66(99)73-42(17-11-25-69)58(91)74-44/h5-10,13-16,19-22,33,35-36,42-51,54-57,68,85,88-90,101H,11-12,17-18,23-32,34,69H2,1-4H3,(H2,70,86)(H2,71,87)(H,72,96)(H,73,99)(H,74,91)(H,75,92)(H,76,94)(H,77,95)(H,78,98)(H,79,93)(H,80,97)/t42-,43-,44-,45-,46-,47+,48-,49+,50-,51+,54-,55-,56-,57+,68?/m0/s1. The second kappa shape index (κ2) is 37.6. The molecule has 34 heteroatoms. The second-order valence-electron chi connectivity index (χ2n) is 26.6. The van der Waals surface area contributed by atoms with Gasteiger partial charge in [-0.1, -0.05) is 106 Å². The molecule has 0 radical (unpaired) electrons. The first-order valence-electron chi connectivity index (χ1n) is 33.9. The number of aromatic hydroxyl groups is 1. The first-order valence-corrected chi connectivity index (χ1v) is 33.9. The lowest BCUT2D eigenvalue weighted by Gasteiger charge is -2.38. The lowest BCUT2D eigenvalue weighted by atomic mass is 9.99. The minimum absolute atomic E-state index is 0.00763. The van der Waals surface area contributed by atoms with Crippen molar-refractivity contribution >= 4 is 70.9 Å². The summed E-state index contributed by atoms with van der Waals surface area (Å²) in [6.07, 6.45) is -10.5. The number of nitrogens with one attached hydrogen (secondary N) is 9. The number of carbonyl (C=O) groups excluding carboxylic acids is 12. The summed E-state index contributed by atoms with van der Waals surface area (Å²) < 4.78 is 6.40. The number of nitrogens with two attached hydrogens (primary N) is 3. The quantitative estimate of drug-likeness (QED) is 0.0371. The molecule has 0 saturated carbocycles. The van der Waals surface area contributed by atoms with E-state index in [4.69, 9.17) is 21.9 Å². The molecule has 12 amide bonds. The van der Waals surface area contributed by atoms with Gasteiger partial charge in [0.2, 0.25) is 70.9 Å². The maximum atomic E-state index is 15.2. The van der Waals surface area contributed by atoms with Crippen LogP contribution in [0.2, 0.25) is 0 Å². The summed E-state index contributed by atoms with van der Waals surface area (Å²) in [6.45, 7) is 6.42. The molecule has 3 fully saturated rings. The van der Waals surface area contributed by atoms with Gasteiger partial charge in [0.25, 0.3) is 0 Å². The topological polar surface area (TPSA) is 536 Å². The summed E-state index contributed by atoms with van der Waals surface area (Å²) in [6, 6.07) is 6.77. The molecular weight excluding hydrogens is 1330 g/mol. The molecule has 3 saturated heterocycles. The van der Waals surface area contributed by atoms with Gasteiger partial charge in [0.15, 0.2) is 6.29 Å². The summed E-state index contributed by atoms with van der Waals surface area (Å²) in [4.78, 5) is 175. The molecule has 34 nitrogen and oxygen atoms in total. The predicted octanol–water partition coefficient (Wildman–Crippen LogP) is -5.00. The molecule has 4 heterocycles. The maximum absolute atomic E-state index is 15.2. The van der Waals surface area contributed by atoms with Crippen molar-refractivity contribution in [2.75, 3.05) is 13.1 Å². The number of amides is 12. The maximum Gasteiger partial charge on any atom is 0.246 e. The molecular formula is C68H94N16O18. The van der Waals surface area contributed by atoms with Crippen LogP contribution in [0.25, 0.3) is 0 Å². The van der Waals surface area contributed by atoms with Crippen molar-refractivity contribution in [2.24, 2.45) is 29.0 Å². The van der Waals surface area contributed by atoms with Crippen LogP contribution in [0.4, 0.5) is 0 Å². The largest absolute Gasteiger partial charge is 0.508 e. The van der Waals surface area contributed by atoms with E-state index < -0.39 is 200 Å². The first-order chi connectivity index (χ1) is 48.5. The zero-order valence-corrected chi connectivity index (χ0v) is 57.1. The summed E-state index contributed by atoms with van der Waals surface area (Å²) in [5.74, 6) is -13.0. The second-order valence-corrected chi connectivity index (χ2v) is 26.6. The highest BCUT2D eigenvalue weighted by Crippen LogP contribution is 2.24. The van der Waals surface area contributed by atoms with Gasteiger partial charge in [-0.25, -0.2) is 4.68 Å². The zero-order chi connectivity index (χ0) is 74.5. The Balaban J connectivity index is 1.33. The Kier molecular flexibility index (Phi) is 29.2. The van der Waals surface area contributed by atoms with E-state index in [0.717, 1.165) is 4.68 Å². The van der Waals surface area contributed by atoms with Crippen LogP contribution in [-0.2, 0) is 94.5 Å². The van der Waals surface area contributed by atoms with E-state index in [1.54, 1.807) is 88.4 Å². The van der Waals surface area contributed by atoms with E-state index in [1.165, 1.54) is 35.4 Å². The van der Waals surface area contributed by atoms with Gasteiger partial charge < -0.3 is 100 Å². The number of primary amides is 2. The van der Waals surface area contributed by atoms with Crippen LogP contribution in [0.15, 0.2) is 91.1 Å². The zero-order valence-electron chi connectivity index (χ0n) is 57.1. The Labute approximate surface area is 588 Å². The molecule has 3 aliphatic rings. The number of aliphatic hydroxyl groups excluding tert-OH is 4. The number of carbonyl (C=O) groups is 12. The van der Waals surface area contributed by atoms with Crippen LogP contribution in [0, 0.1) is 11.8 Å². The van der Waals surface area contributed by atoms with Crippen molar-refractivity contribution in [1.29, 1.82) is 0 Å². The van der Waals surface area contributed by atoms with Crippen LogP contribution in [0.5, 0.6) is 5.75 Å². The molecule has 1 unspecified atom stereocenters. The van der Waals surface area contributed by atoms with E-state index in [0.29, 0.717) is 16.7 Å². The average Bonchev–Trinajstić information content (AvgIpc) is 1.53. The minimum Gasteiger partial charge on any atom is -0.508 e. The molecule has 15 atom stereocenters. The first kappa shape index (κ1) is 79.3. The highest BCUT2D eigenvalue weighted by Gasteiger charge is 2.45. The SMILES string of the molecule is CC(C)C[C@@H]1NC(=O)[C@H](CCCN)NC(=O)[C@H](C(C)C)NC(=O)[C@H](Cc2ccc(O)cc2)NC(=O)[C@H](CCC(N)=O)NC(=O)[C@H](CC(N)=O)NC(=O)[C@@H](Cc2cn(C[C@H]3OC(O)[C@H](O)[C@@H](O)[C@H]3O)nn2)NC(=O)[C@H](Cc2ccccc2)NC(=O)[C@@H]2CCCN2C(=O)[C@@H](Cc2ccccc2)NC1=O. The lowest BCUT2D eigenvalue weighted by molar-refractivity contribution is -0.284. The number of ether oxygens (including phenoxy) is 1. The number of hydrogen-bond donors (Lipinski definition) is 17. The molecule has 0 spiro atoms. The van der Waals surface area contributed by atoms with E-state index in [-0.39, 0.29) is 81.8 Å². The highest BCUT2D eigenvalue weighted by atomic mass is 16.6. The molecule has 4 aromatic rings. The van der Waals surface area contributed by atoms with Crippen LogP contribution >= 0.6 is 0 Å². The van der Waals surface area contributed by atoms with Gasteiger partial charge in [0.1, 0.15) is 90.6 Å². The molecule has 3 aromatic carbocycles. The van der Waals surface area contributed by atoms with Crippen molar-refractivity contribution in [3.63, 3.8) is 0 Å². The molecule has 0 aliphatic carbocycles. The number of rotatable bonds is 21. The fraction of sp³-hybridized carbons (Fsp3) is 0.529. The van der Waals surface area contributed by atoms with Gasteiger partial charge in [-0.05, 0) is 85.7 Å². The van der Waals surface area contributed by atoms with Gasteiger partial charge in [0, 0.05) is 44.8 Å². The third kappa shape index (κ3) is 23.0. The predicted molar refractivity (Wildman–Crippen MR) is 362 cm³/mol. The molecule has 1 aromatic heterocycles. The van der Waals surface area contributed by atoms with Crippen molar-refractivity contribution in [2.45, 2.75) is 202 Å². The van der Waals surface area contributed by atoms with Gasteiger partial charge in [-0.3, -0.25) is 57.5 Å². The Hall–Kier alpha value is -10.0. The van der Waals surface area contributed by atoms with Gasteiger partial charge >= 0.3 is 0 Å². The summed E-state index contributed by atoms with van der Waals surface area (Å²) >= 11 is 0. The van der Waals surface area contributed by atoms with Crippen LogP contribution < -0.4 is 65.1 Å². The Morgan fingerprint density at radius 1 is 0.549 bits per heavy atom.